The third-order valence-electron chi connectivity index (χ3n) is 3.71. The van der Waals surface area contributed by atoms with Crippen molar-refractivity contribution in [3.05, 3.63) is 39.5 Å². The van der Waals surface area contributed by atoms with Gasteiger partial charge in [-0.25, -0.2) is 0 Å². The van der Waals surface area contributed by atoms with Gasteiger partial charge in [0.15, 0.2) is 0 Å². The standard InChI is InChI=1S/C14H18/c1-8-6-13-7-9(2)11(4)14(13)12(5)10(8)3/h6H,7H2,1-5H3. The molecule has 0 saturated heterocycles. The average molecular weight is 186 g/mol. The summed E-state index contributed by atoms with van der Waals surface area (Å²) >= 11 is 0. The summed E-state index contributed by atoms with van der Waals surface area (Å²) in [6.45, 7) is 11.2. The third-order valence-corrected chi connectivity index (χ3v) is 3.71. The van der Waals surface area contributed by atoms with Crippen molar-refractivity contribution in [1.29, 1.82) is 0 Å². The van der Waals surface area contributed by atoms with Gasteiger partial charge >= 0.3 is 0 Å². The maximum atomic E-state index is 2.36. The number of allylic oxidation sites excluding steroid dienone is 2. The van der Waals surface area contributed by atoms with Crippen LogP contribution < -0.4 is 0 Å². The van der Waals surface area contributed by atoms with Crippen LogP contribution in [0.4, 0.5) is 0 Å². The van der Waals surface area contributed by atoms with Gasteiger partial charge in [-0.05, 0) is 74.4 Å². The van der Waals surface area contributed by atoms with E-state index in [1.54, 1.807) is 0 Å². The van der Waals surface area contributed by atoms with Crippen molar-refractivity contribution in [2.24, 2.45) is 0 Å². The fraction of sp³-hybridized carbons (Fsp3) is 0.429. The first-order valence-corrected chi connectivity index (χ1v) is 5.28. The highest BCUT2D eigenvalue weighted by atomic mass is 14.2. The Kier molecular flexibility index (Phi) is 2.02. The molecular formula is C14H18. The first-order chi connectivity index (χ1) is 6.52. The van der Waals surface area contributed by atoms with Crippen LogP contribution in [0.2, 0.25) is 0 Å². The predicted octanol–water partition coefficient (Wildman–Crippen LogP) is 3.96. The summed E-state index contributed by atoms with van der Waals surface area (Å²) in [5, 5.41) is 0. The molecule has 0 radical (unpaired) electrons. The summed E-state index contributed by atoms with van der Waals surface area (Å²) in [7, 11) is 0. The molecular weight excluding hydrogens is 168 g/mol. The Bertz CT molecular complexity index is 434. The van der Waals surface area contributed by atoms with Crippen molar-refractivity contribution in [2.75, 3.05) is 0 Å². The molecule has 2 rings (SSSR count). The number of hydrogen-bond donors (Lipinski definition) is 0. The third kappa shape index (κ3) is 1.13. The predicted molar refractivity (Wildman–Crippen MR) is 62.6 cm³/mol. The summed E-state index contributed by atoms with van der Waals surface area (Å²) in [6, 6.07) is 2.36. The maximum absolute atomic E-state index is 2.36. The van der Waals surface area contributed by atoms with Crippen LogP contribution in [0.15, 0.2) is 11.6 Å². The van der Waals surface area contributed by atoms with Crippen LogP contribution in [0.25, 0.3) is 5.57 Å². The largest absolute Gasteiger partial charge is 0.0654 e. The van der Waals surface area contributed by atoms with Crippen LogP contribution >= 0.6 is 0 Å². The minimum Gasteiger partial charge on any atom is -0.0654 e. The van der Waals surface area contributed by atoms with Gasteiger partial charge in [-0.2, -0.15) is 0 Å². The highest BCUT2D eigenvalue weighted by Crippen LogP contribution is 2.36. The zero-order chi connectivity index (χ0) is 10.5. The maximum Gasteiger partial charge on any atom is -0.00577 e. The first-order valence-electron chi connectivity index (χ1n) is 5.28. The average Bonchev–Trinajstić information content (AvgIpc) is 2.39. The Morgan fingerprint density at radius 3 is 2.21 bits per heavy atom. The van der Waals surface area contributed by atoms with E-state index in [1.807, 2.05) is 0 Å². The minimum atomic E-state index is 1.16. The van der Waals surface area contributed by atoms with Crippen molar-refractivity contribution in [2.45, 2.75) is 41.0 Å². The Hall–Kier alpha value is -1.04. The monoisotopic (exact) mass is 186 g/mol. The van der Waals surface area contributed by atoms with Crippen LogP contribution in [-0.2, 0) is 6.42 Å². The van der Waals surface area contributed by atoms with E-state index in [0.29, 0.717) is 0 Å². The van der Waals surface area contributed by atoms with Crippen molar-refractivity contribution >= 4 is 5.57 Å². The molecule has 1 aliphatic rings. The highest BCUT2D eigenvalue weighted by Gasteiger charge is 2.19. The van der Waals surface area contributed by atoms with Crippen molar-refractivity contribution in [1.82, 2.24) is 0 Å². The minimum absolute atomic E-state index is 1.16. The van der Waals surface area contributed by atoms with Gasteiger partial charge in [-0.3, -0.25) is 0 Å². The SMILES string of the molecule is CC1=C(C)c2c(cc(C)c(C)c2C)C1. The van der Waals surface area contributed by atoms with Gasteiger partial charge in [0.1, 0.15) is 0 Å². The molecule has 1 aromatic rings. The molecule has 0 amide bonds. The summed E-state index contributed by atoms with van der Waals surface area (Å²) in [5.41, 5.74) is 10.5. The van der Waals surface area contributed by atoms with Gasteiger partial charge in [-0.15, -0.1) is 0 Å². The van der Waals surface area contributed by atoms with Crippen molar-refractivity contribution in [3.8, 4) is 0 Å². The van der Waals surface area contributed by atoms with Crippen LogP contribution in [0, 0.1) is 20.8 Å². The van der Waals surface area contributed by atoms with Crippen molar-refractivity contribution < 1.29 is 0 Å². The lowest BCUT2D eigenvalue weighted by Gasteiger charge is -2.12. The van der Waals surface area contributed by atoms with Gasteiger partial charge in [-0.1, -0.05) is 11.6 Å². The first kappa shape index (κ1) is 9.51. The molecule has 0 bridgehead atoms. The molecule has 0 spiro atoms. The second kappa shape index (κ2) is 2.98. The smallest absolute Gasteiger partial charge is 0.00577 e. The fourth-order valence-electron chi connectivity index (χ4n) is 2.46. The van der Waals surface area contributed by atoms with Crippen LogP contribution in [-0.4, -0.2) is 0 Å². The van der Waals surface area contributed by atoms with E-state index in [9.17, 15) is 0 Å². The molecule has 74 valence electrons. The Morgan fingerprint density at radius 1 is 0.929 bits per heavy atom. The molecule has 0 aliphatic heterocycles. The summed E-state index contributed by atoms with van der Waals surface area (Å²) in [4.78, 5) is 0. The molecule has 0 nitrogen and oxygen atoms in total. The molecule has 0 unspecified atom stereocenters. The molecule has 1 aromatic carbocycles. The van der Waals surface area contributed by atoms with E-state index in [1.165, 1.54) is 39.0 Å². The quantitative estimate of drug-likeness (QED) is 0.575. The zero-order valence-electron chi connectivity index (χ0n) is 9.78. The van der Waals surface area contributed by atoms with E-state index >= 15 is 0 Å². The molecule has 0 saturated carbocycles. The van der Waals surface area contributed by atoms with Crippen LogP contribution in [0.3, 0.4) is 0 Å². The topological polar surface area (TPSA) is 0 Å². The number of hydrogen-bond acceptors (Lipinski definition) is 0. The fourth-order valence-corrected chi connectivity index (χ4v) is 2.46. The highest BCUT2D eigenvalue weighted by molar-refractivity contribution is 5.78. The second-order valence-corrected chi connectivity index (χ2v) is 4.56. The van der Waals surface area contributed by atoms with E-state index < -0.39 is 0 Å². The lowest BCUT2D eigenvalue weighted by molar-refractivity contribution is 1.15. The van der Waals surface area contributed by atoms with Crippen LogP contribution in [0.5, 0.6) is 0 Å². The number of rotatable bonds is 0. The van der Waals surface area contributed by atoms with Crippen molar-refractivity contribution in [3.63, 3.8) is 0 Å². The van der Waals surface area contributed by atoms with E-state index in [4.69, 9.17) is 0 Å². The summed E-state index contributed by atoms with van der Waals surface area (Å²) in [5.74, 6) is 0. The Balaban J connectivity index is 2.74. The molecule has 14 heavy (non-hydrogen) atoms. The molecule has 0 fully saturated rings. The van der Waals surface area contributed by atoms with Gasteiger partial charge in [0.2, 0.25) is 0 Å². The molecule has 0 N–H and O–H groups in total. The number of benzene rings is 1. The summed E-state index contributed by atoms with van der Waals surface area (Å²) < 4.78 is 0. The number of aryl methyl sites for hydroxylation is 1. The molecule has 0 heterocycles. The lowest BCUT2D eigenvalue weighted by Crippen LogP contribution is -1.95. The molecule has 0 atom stereocenters. The molecule has 1 aliphatic carbocycles. The van der Waals surface area contributed by atoms with Gasteiger partial charge < -0.3 is 0 Å². The zero-order valence-corrected chi connectivity index (χ0v) is 9.78. The Morgan fingerprint density at radius 2 is 1.57 bits per heavy atom. The Labute approximate surface area is 86.7 Å². The van der Waals surface area contributed by atoms with E-state index in [2.05, 4.69) is 40.7 Å². The lowest BCUT2D eigenvalue weighted by atomic mass is 9.93. The number of fused-ring (bicyclic) bond motifs is 1. The van der Waals surface area contributed by atoms with Crippen LogP contribution in [0.1, 0.15) is 41.7 Å². The van der Waals surface area contributed by atoms with Gasteiger partial charge in [0.25, 0.3) is 0 Å². The van der Waals surface area contributed by atoms with E-state index in [0.717, 1.165) is 6.42 Å². The normalized spacial score (nSPS) is 14.9. The van der Waals surface area contributed by atoms with E-state index in [-0.39, 0.29) is 0 Å². The summed E-state index contributed by atoms with van der Waals surface area (Å²) in [6.07, 6.45) is 1.16. The second-order valence-electron chi connectivity index (χ2n) is 4.56. The van der Waals surface area contributed by atoms with Gasteiger partial charge in [0.05, 0.1) is 0 Å². The molecule has 0 aromatic heterocycles. The molecule has 0 heteroatoms. The van der Waals surface area contributed by atoms with Gasteiger partial charge in [0, 0.05) is 0 Å².